The number of methoxy groups -OCH3 is 3. The molecule has 2 saturated heterocycles. The summed E-state index contributed by atoms with van der Waals surface area (Å²) in [4.78, 5) is 84.1. The van der Waals surface area contributed by atoms with Gasteiger partial charge in [-0.3, -0.25) is 14.6 Å². The van der Waals surface area contributed by atoms with Gasteiger partial charge >= 0.3 is 17.8 Å². The molecular formula is C51H55N7O9. The molecule has 2 fully saturated rings. The molecule has 3 N–H and O–H groups in total. The number of hydrogen-bond donors (Lipinski definition) is 3. The number of likely N-dealkylation sites (tertiary alicyclic amines) is 2. The fourth-order valence-corrected chi connectivity index (χ4v) is 10.5. The highest BCUT2D eigenvalue weighted by Gasteiger charge is 2.50. The quantitative estimate of drug-likeness (QED) is 0.0653. The van der Waals surface area contributed by atoms with Crippen LogP contribution in [-0.2, 0) is 30.2 Å². The molecule has 5 heterocycles. The largest absolute Gasteiger partial charge is 0.453 e. The lowest BCUT2D eigenvalue weighted by Crippen LogP contribution is -2.60. The number of carbonyl (C=O) groups excluding carboxylic acids is 4. The summed E-state index contributed by atoms with van der Waals surface area (Å²) in [6.45, 7) is 8.73. The van der Waals surface area contributed by atoms with E-state index in [2.05, 4.69) is 22.5 Å². The molecule has 0 aliphatic carbocycles. The average molecular weight is 910 g/mol. The standard InChI is InChI=1S/C51H55N7O9/c1-27(2)43(55-49(62)65-6)47(60)58-28(3)17-18-51(58,4)42-23-35-34-22-41-36(20-31(34)14-16-38(35)53-42)33-15-13-32(21-37(33)48(61)67-41)39-24-52-45(54-39)40-19-29(26-64-5)25-57(40)46(59)44(56-50(63)66-7)30-11-9-8-10-12-30/h8-16,20-22,24,27-29,40,43-44H,17-19,23,25-26H2,1-7H3,(H,52,54)(H,55,62)(H,56,63)/t28-,29-,40-,43-,44+,51-/m0/s1. The first-order valence-electron chi connectivity index (χ1n) is 22.7. The highest BCUT2D eigenvalue weighted by Crippen LogP contribution is 2.44. The topological polar surface area (TPSA) is 198 Å². The Balaban J connectivity index is 0.999. The summed E-state index contributed by atoms with van der Waals surface area (Å²) in [5, 5.41) is 9.25. The van der Waals surface area contributed by atoms with E-state index in [1.807, 2.05) is 80.3 Å². The molecule has 348 valence electrons. The highest BCUT2D eigenvalue weighted by molar-refractivity contribution is 6.13. The van der Waals surface area contributed by atoms with Gasteiger partial charge in [0, 0.05) is 48.7 Å². The number of aliphatic imine (C=N–C) groups is 1. The minimum Gasteiger partial charge on any atom is -0.453 e. The molecule has 0 unspecified atom stereocenters. The van der Waals surface area contributed by atoms with Crippen LogP contribution < -0.4 is 16.3 Å². The van der Waals surface area contributed by atoms with Crippen molar-refractivity contribution < 1.29 is 37.8 Å². The summed E-state index contributed by atoms with van der Waals surface area (Å²) >= 11 is 0. The van der Waals surface area contributed by atoms with Crippen LogP contribution in [-0.4, -0.2) is 102 Å². The van der Waals surface area contributed by atoms with E-state index < -0.39 is 41.5 Å². The normalized spacial score (nSPS) is 21.1. The van der Waals surface area contributed by atoms with Crippen molar-refractivity contribution in [3.05, 3.63) is 106 Å². The Kier molecular flexibility index (Phi) is 12.1. The van der Waals surface area contributed by atoms with Crippen LogP contribution in [0.15, 0.2) is 93.2 Å². The summed E-state index contributed by atoms with van der Waals surface area (Å²) in [6.07, 6.45) is 2.92. The van der Waals surface area contributed by atoms with Crippen molar-refractivity contribution in [1.29, 1.82) is 0 Å². The van der Waals surface area contributed by atoms with Crippen molar-refractivity contribution in [2.24, 2.45) is 16.8 Å². The molecule has 16 heteroatoms. The monoisotopic (exact) mass is 909 g/mol. The third-order valence-electron chi connectivity index (χ3n) is 13.9. The van der Waals surface area contributed by atoms with Crippen molar-refractivity contribution in [1.82, 2.24) is 30.4 Å². The SMILES string of the molecule is COC[C@H]1C[C@@H](c2ncc(-c3ccc4c(c3)c(=O)oc3cc5c6c(ccc5cc34)N=C([C@]3(C)CC[C@H](C)N3C(=O)[C@@H](NC(=O)OC)C(C)C)C6)[nH]2)N(C(=O)[C@H](NC(=O)OC)c2ccccc2)C1. The van der Waals surface area contributed by atoms with Gasteiger partial charge in [0.25, 0.3) is 5.91 Å². The number of nitrogens with zero attached hydrogens (tertiary/aromatic N) is 4. The Bertz CT molecular complexity index is 3020. The molecule has 16 nitrogen and oxygen atoms in total. The van der Waals surface area contributed by atoms with Crippen LogP contribution in [0.4, 0.5) is 15.3 Å². The smallest absolute Gasteiger partial charge is 0.407 e. The van der Waals surface area contributed by atoms with E-state index in [1.54, 1.807) is 36.4 Å². The molecule has 6 atom stereocenters. The molecule has 0 spiro atoms. The molecule has 4 aromatic carbocycles. The minimum atomic E-state index is -0.986. The number of rotatable bonds is 11. The molecule has 3 aliphatic rings. The molecule has 3 aliphatic heterocycles. The second-order valence-electron chi connectivity index (χ2n) is 18.5. The number of benzene rings is 4. The number of fused-ring (bicyclic) bond motifs is 6. The second kappa shape index (κ2) is 18.0. The van der Waals surface area contributed by atoms with E-state index >= 15 is 0 Å². The lowest BCUT2D eigenvalue weighted by atomic mass is 9.87. The van der Waals surface area contributed by atoms with Gasteiger partial charge in [0.15, 0.2) is 0 Å². The summed E-state index contributed by atoms with van der Waals surface area (Å²) < 4.78 is 21.3. The fraction of sp³-hybridized carbons (Fsp3) is 0.392. The van der Waals surface area contributed by atoms with Crippen LogP contribution in [0.1, 0.15) is 76.0 Å². The molecule has 4 amide bonds. The van der Waals surface area contributed by atoms with Crippen LogP contribution in [0.25, 0.3) is 43.8 Å². The molecule has 9 rings (SSSR count). The van der Waals surface area contributed by atoms with Crippen molar-refractivity contribution in [2.75, 3.05) is 34.5 Å². The summed E-state index contributed by atoms with van der Waals surface area (Å²) in [5.74, 6) is -0.0521. The zero-order valence-electron chi connectivity index (χ0n) is 38.7. The maximum absolute atomic E-state index is 14.3. The van der Waals surface area contributed by atoms with Gasteiger partial charge in [0.05, 0.1) is 55.4 Å². The van der Waals surface area contributed by atoms with Gasteiger partial charge in [0.2, 0.25) is 5.91 Å². The van der Waals surface area contributed by atoms with Gasteiger partial charge in [-0.15, -0.1) is 0 Å². The predicted molar refractivity (Wildman–Crippen MR) is 253 cm³/mol. The number of hydrogen-bond acceptors (Lipinski definition) is 11. The third kappa shape index (κ3) is 8.17. The number of H-pyrrole nitrogens is 1. The Labute approximate surface area is 387 Å². The van der Waals surface area contributed by atoms with Crippen molar-refractivity contribution in [2.45, 2.75) is 83.1 Å². The van der Waals surface area contributed by atoms with Gasteiger partial charge in [0.1, 0.15) is 23.5 Å². The first-order chi connectivity index (χ1) is 32.2. The Morgan fingerprint density at radius 1 is 0.910 bits per heavy atom. The fourth-order valence-electron chi connectivity index (χ4n) is 10.5. The van der Waals surface area contributed by atoms with Gasteiger partial charge in [-0.1, -0.05) is 62.4 Å². The maximum atomic E-state index is 14.3. The first-order valence-corrected chi connectivity index (χ1v) is 22.7. The number of nitrogens with one attached hydrogen (secondary N) is 3. The van der Waals surface area contributed by atoms with E-state index in [0.717, 1.165) is 51.3 Å². The van der Waals surface area contributed by atoms with E-state index in [1.165, 1.54) is 14.2 Å². The Hall–Kier alpha value is -7.07. The van der Waals surface area contributed by atoms with E-state index in [9.17, 15) is 24.0 Å². The van der Waals surface area contributed by atoms with Crippen molar-refractivity contribution in [3.63, 3.8) is 0 Å². The Morgan fingerprint density at radius 3 is 2.40 bits per heavy atom. The molecule has 0 bridgehead atoms. The predicted octanol–water partition coefficient (Wildman–Crippen LogP) is 7.90. The number of carbonyl (C=O) groups is 4. The van der Waals surface area contributed by atoms with E-state index in [-0.39, 0.29) is 29.7 Å². The van der Waals surface area contributed by atoms with Gasteiger partial charge in [-0.05, 0) is 90.6 Å². The molecule has 67 heavy (non-hydrogen) atoms. The number of aromatic nitrogens is 2. The zero-order valence-corrected chi connectivity index (χ0v) is 38.7. The van der Waals surface area contributed by atoms with Crippen molar-refractivity contribution in [3.8, 4) is 11.3 Å². The van der Waals surface area contributed by atoms with E-state index in [0.29, 0.717) is 59.6 Å². The van der Waals surface area contributed by atoms with E-state index in [4.69, 9.17) is 28.6 Å². The average Bonchev–Trinajstić information content (AvgIpc) is 4.15. The summed E-state index contributed by atoms with van der Waals surface area (Å²) in [5.41, 5.74) is 3.93. The van der Waals surface area contributed by atoms with Crippen LogP contribution >= 0.6 is 0 Å². The molecule has 6 aromatic rings. The minimum absolute atomic E-state index is 0.0219. The number of ether oxygens (including phenoxy) is 3. The van der Waals surface area contributed by atoms with Crippen LogP contribution in [0.5, 0.6) is 0 Å². The number of alkyl carbamates (subject to hydrolysis) is 2. The number of aromatic amines is 1. The lowest BCUT2D eigenvalue weighted by Gasteiger charge is -2.40. The maximum Gasteiger partial charge on any atom is 0.407 e. The molecule has 0 radical (unpaired) electrons. The number of amides is 4. The molecule has 0 saturated carbocycles. The zero-order chi connectivity index (χ0) is 47.3. The summed E-state index contributed by atoms with van der Waals surface area (Å²) in [6, 6.07) is 20.4. The second-order valence-corrected chi connectivity index (χ2v) is 18.5. The third-order valence-corrected chi connectivity index (χ3v) is 13.9. The summed E-state index contributed by atoms with van der Waals surface area (Å²) in [7, 11) is 4.17. The molecular weight excluding hydrogens is 855 g/mol. The Morgan fingerprint density at radius 2 is 1.67 bits per heavy atom. The van der Waals surface area contributed by atoms with Crippen molar-refractivity contribution >= 4 is 67.9 Å². The highest BCUT2D eigenvalue weighted by atomic mass is 16.5. The van der Waals surface area contributed by atoms with Gasteiger partial charge < -0.3 is 44.0 Å². The van der Waals surface area contributed by atoms with Crippen LogP contribution in [0.2, 0.25) is 0 Å². The van der Waals surface area contributed by atoms with Gasteiger partial charge in [-0.2, -0.15) is 0 Å². The van der Waals surface area contributed by atoms with Gasteiger partial charge in [-0.25, -0.2) is 19.4 Å². The van der Waals surface area contributed by atoms with Crippen LogP contribution in [0, 0.1) is 11.8 Å². The molecule has 2 aromatic heterocycles. The van der Waals surface area contributed by atoms with Crippen LogP contribution in [0.3, 0.4) is 0 Å². The first kappa shape index (κ1) is 45.1. The lowest BCUT2D eigenvalue weighted by molar-refractivity contribution is -0.138. The number of imidazole rings is 1.